The van der Waals surface area contributed by atoms with Gasteiger partial charge in [-0.2, -0.15) is 0 Å². The van der Waals surface area contributed by atoms with E-state index in [4.69, 9.17) is 0 Å². The molecule has 0 spiro atoms. The van der Waals surface area contributed by atoms with E-state index in [0.717, 1.165) is 37.1 Å². The molecule has 1 heterocycles. The predicted octanol–water partition coefficient (Wildman–Crippen LogP) is 3.55. The molecule has 136 valence electrons. The van der Waals surface area contributed by atoms with E-state index >= 15 is 0 Å². The van der Waals surface area contributed by atoms with Crippen LogP contribution in [0.25, 0.3) is 0 Å². The number of rotatable bonds is 5. The maximum absolute atomic E-state index is 12.5. The fourth-order valence-electron chi connectivity index (χ4n) is 3.34. The van der Waals surface area contributed by atoms with Crippen molar-refractivity contribution in [2.24, 2.45) is 5.92 Å². The summed E-state index contributed by atoms with van der Waals surface area (Å²) in [5.41, 5.74) is 3.07. The highest BCUT2D eigenvalue weighted by atomic mass is 16.2. The molecular formula is C22H26N2O2. The van der Waals surface area contributed by atoms with Crippen LogP contribution in [0, 0.1) is 12.8 Å². The van der Waals surface area contributed by atoms with Crippen molar-refractivity contribution < 1.29 is 9.59 Å². The Hall–Kier alpha value is -2.62. The molecule has 3 rings (SSSR count). The smallest absolute Gasteiger partial charge is 0.253 e. The molecule has 1 aliphatic rings. The van der Waals surface area contributed by atoms with E-state index in [9.17, 15) is 9.59 Å². The Bertz CT molecular complexity index is 732. The van der Waals surface area contributed by atoms with E-state index in [2.05, 4.69) is 24.4 Å². The standard InChI is InChI=1S/C22H26N2O2/c1-17-7-9-19(10-8-17)16-23-21(25)15-18-11-13-24(14-12-18)22(26)20-5-3-2-4-6-20/h2-10,18H,11-16H2,1H3,(H,23,25). The maximum Gasteiger partial charge on any atom is 0.253 e. The minimum atomic E-state index is 0.0906. The van der Waals surface area contributed by atoms with Gasteiger partial charge in [0.05, 0.1) is 0 Å². The van der Waals surface area contributed by atoms with Gasteiger partial charge in [0, 0.05) is 31.6 Å². The third-order valence-corrected chi connectivity index (χ3v) is 5.01. The van der Waals surface area contributed by atoms with Gasteiger partial charge in [0.15, 0.2) is 0 Å². The first-order valence-electron chi connectivity index (χ1n) is 9.28. The summed E-state index contributed by atoms with van der Waals surface area (Å²) in [6, 6.07) is 17.6. The fourth-order valence-corrected chi connectivity index (χ4v) is 3.34. The van der Waals surface area contributed by atoms with Crippen LogP contribution >= 0.6 is 0 Å². The average Bonchev–Trinajstić information content (AvgIpc) is 2.68. The molecule has 0 bridgehead atoms. The molecule has 0 atom stereocenters. The zero-order chi connectivity index (χ0) is 18.4. The zero-order valence-electron chi connectivity index (χ0n) is 15.3. The highest BCUT2D eigenvalue weighted by molar-refractivity contribution is 5.94. The summed E-state index contributed by atoms with van der Waals surface area (Å²) in [7, 11) is 0. The van der Waals surface area contributed by atoms with Gasteiger partial charge in [-0.3, -0.25) is 9.59 Å². The van der Waals surface area contributed by atoms with Gasteiger partial charge in [-0.05, 0) is 43.4 Å². The van der Waals surface area contributed by atoms with Crippen LogP contribution in [0.15, 0.2) is 54.6 Å². The molecule has 1 aliphatic heterocycles. The number of piperidine rings is 1. The van der Waals surface area contributed by atoms with Crippen molar-refractivity contribution in [3.05, 3.63) is 71.3 Å². The zero-order valence-corrected chi connectivity index (χ0v) is 15.3. The molecule has 2 aromatic rings. The molecule has 2 amide bonds. The molecule has 1 N–H and O–H groups in total. The Morgan fingerprint density at radius 1 is 1.00 bits per heavy atom. The number of nitrogens with zero attached hydrogens (tertiary/aromatic N) is 1. The minimum absolute atomic E-state index is 0.0906. The summed E-state index contributed by atoms with van der Waals surface area (Å²) >= 11 is 0. The van der Waals surface area contributed by atoms with E-state index in [1.165, 1.54) is 5.56 Å². The van der Waals surface area contributed by atoms with E-state index in [0.29, 0.717) is 18.9 Å². The summed E-state index contributed by atoms with van der Waals surface area (Å²) in [5, 5.41) is 3.01. The summed E-state index contributed by atoms with van der Waals surface area (Å²) in [6.45, 7) is 4.08. The Morgan fingerprint density at radius 3 is 2.31 bits per heavy atom. The molecule has 4 nitrogen and oxygen atoms in total. The Kier molecular flexibility index (Phi) is 6.05. The highest BCUT2D eigenvalue weighted by Crippen LogP contribution is 2.22. The van der Waals surface area contributed by atoms with E-state index in [1.54, 1.807) is 0 Å². The average molecular weight is 350 g/mol. The number of hydrogen-bond acceptors (Lipinski definition) is 2. The number of benzene rings is 2. The van der Waals surface area contributed by atoms with Gasteiger partial charge in [-0.1, -0.05) is 48.0 Å². The van der Waals surface area contributed by atoms with Gasteiger partial charge >= 0.3 is 0 Å². The van der Waals surface area contributed by atoms with E-state index < -0.39 is 0 Å². The molecular weight excluding hydrogens is 324 g/mol. The van der Waals surface area contributed by atoms with Gasteiger partial charge in [-0.25, -0.2) is 0 Å². The van der Waals surface area contributed by atoms with Crippen molar-refractivity contribution in [1.29, 1.82) is 0 Å². The number of carbonyl (C=O) groups is 2. The Balaban J connectivity index is 1.41. The van der Waals surface area contributed by atoms with Crippen LogP contribution in [0.3, 0.4) is 0 Å². The fraction of sp³-hybridized carbons (Fsp3) is 0.364. The number of amides is 2. The second-order valence-electron chi connectivity index (χ2n) is 7.07. The van der Waals surface area contributed by atoms with Gasteiger partial charge in [0.1, 0.15) is 0 Å². The Morgan fingerprint density at radius 2 is 1.65 bits per heavy atom. The second-order valence-corrected chi connectivity index (χ2v) is 7.07. The van der Waals surface area contributed by atoms with Crippen LogP contribution in [-0.4, -0.2) is 29.8 Å². The number of nitrogens with one attached hydrogen (secondary N) is 1. The van der Waals surface area contributed by atoms with Gasteiger partial charge in [0.2, 0.25) is 5.91 Å². The Labute approximate surface area is 155 Å². The van der Waals surface area contributed by atoms with Crippen LogP contribution in [0.5, 0.6) is 0 Å². The predicted molar refractivity (Wildman–Crippen MR) is 103 cm³/mol. The number of likely N-dealkylation sites (tertiary alicyclic amines) is 1. The van der Waals surface area contributed by atoms with E-state index in [1.807, 2.05) is 47.4 Å². The summed E-state index contributed by atoms with van der Waals surface area (Å²) in [6.07, 6.45) is 2.31. The molecule has 1 saturated heterocycles. The second kappa shape index (κ2) is 8.65. The largest absolute Gasteiger partial charge is 0.352 e. The summed E-state index contributed by atoms with van der Waals surface area (Å²) in [5.74, 6) is 0.541. The van der Waals surface area contributed by atoms with Crippen molar-refractivity contribution >= 4 is 11.8 Å². The molecule has 26 heavy (non-hydrogen) atoms. The topological polar surface area (TPSA) is 49.4 Å². The molecule has 0 radical (unpaired) electrons. The van der Waals surface area contributed by atoms with Gasteiger partial charge in [0.25, 0.3) is 5.91 Å². The molecule has 0 aromatic heterocycles. The molecule has 0 saturated carbocycles. The van der Waals surface area contributed by atoms with Gasteiger partial charge in [-0.15, -0.1) is 0 Å². The van der Waals surface area contributed by atoms with Crippen molar-refractivity contribution in [2.75, 3.05) is 13.1 Å². The first kappa shape index (κ1) is 18.2. The lowest BCUT2D eigenvalue weighted by Gasteiger charge is -2.31. The monoisotopic (exact) mass is 350 g/mol. The van der Waals surface area contributed by atoms with Crippen LogP contribution in [-0.2, 0) is 11.3 Å². The van der Waals surface area contributed by atoms with Crippen LogP contribution in [0.2, 0.25) is 0 Å². The van der Waals surface area contributed by atoms with Crippen LogP contribution in [0.1, 0.15) is 40.7 Å². The number of hydrogen-bond donors (Lipinski definition) is 1. The minimum Gasteiger partial charge on any atom is -0.352 e. The molecule has 0 unspecified atom stereocenters. The third kappa shape index (κ3) is 4.94. The van der Waals surface area contributed by atoms with Crippen LogP contribution in [0.4, 0.5) is 0 Å². The first-order valence-corrected chi connectivity index (χ1v) is 9.28. The molecule has 2 aromatic carbocycles. The van der Waals surface area contributed by atoms with Crippen molar-refractivity contribution in [2.45, 2.75) is 32.7 Å². The summed E-state index contributed by atoms with van der Waals surface area (Å²) in [4.78, 5) is 26.6. The maximum atomic E-state index is 12.5. The molecule has 0 aliphatic carbocycles. The normalized spacial score (nSPS) is 14.9. The number of carbonyl (C=O) groups excluding carboxylic acids is 2. The summed E-state index contributed by atoms with van der Waals surface area (Å²) < 4.78 is 0. The third-order valence-electron chi connectivity index (χ3n) is 5.01. The lowest BCUT2D eigenvalue weighted by molar-refractivity contribution is -0.122. The van der Waals surface area contributed by atoms with Gasteiger partial charge < -0.3 is 10.2 Å². The van der Waals surface area contributed by atoms with E-state index in [-0.39, 0.29) is 11.8 Å². The first-order chi connectivity index (χ1) is 12.6. The molecule has 1 fully saturated rings. The molecule has 4 heteroatoms. The highest BCUT2D eigenvalue weighted by Gasteiger charge is 2.24. The van der Waals surface area contributed by atoms with Crippen LogP contribution < -0.4 is 5.32 Å². The van der Waals surface area contributed by atoms with Crippen molar-refractivity contribution in [1.82, 2.24) is 10.2 Å². The van der Waals surface area contributed by atoms with Crippen molar-refractivity contribution in [3.63, 3.8) is 0 Å². The quantitative estimate of drug-likeness (QED) is 0.896. The lowest BCUT2D eigenvalue weighted by Crippen LogP contribution is -2.39. The van der Waals surface area contributed by atoms with Crippen molar-refractivity contribution in [3.8, 4) is 0 Å². The SMILES string of the molecule is Cc1ccc(CNC(=O)CC2CCN(C(=O)c3ccccc3)CC2)cc1. The number of aryl methyl sites for hydroxylation is 1. The lowest BCUT2D eigenvalue weighted by atomic mass is 9.93.